The Labute approximate surface area is 137 Å². The molecule has 0 spiro atoms. The maximum absolute atomic E-state index is 5.91. The van der Waals surface area contributed by atoms with Crippen LogP contribution in [0.15, 0.2) is 48.5 Å². The summed E-state index contributed by atoms with van der Waals surface area (Å²) < 4.78 is 5.91. The molecule has 0 saturated carbocycles. The molecule has 0 fully saturated rings. The van der Waals surface area contributed by atoms with E-state index < -0.39 is 0 Å². The van der Waals surface area contributed by atoms with Gasteiger partial charge in [0.05, 0.1) is 6.61 Å². The normalized spacial score (nSPS) is 13.5. The highest BCUT2D eigenvalue weighted by molar-refractivity contribution is 6.30. The quantitative estimate of drug-likeness (QED) is 0.643. The maximum Gasteiger partial charge on any atom is 0.119 e. The number of hydrogen-bond acceptors (Lipinski definition) is 1. The highest BCUT2D eigenvalue weighted by Gasteiger charge is 2.10. The van der Waals surface area contributed by atoms with Crippen LogP contribution in [-0.4, -0.2) is 6.61 Å². The first kappa shape index (κ1) is 15.2. The molecule has 3 rings (SSSR count). The highest BCUT2D eigenvalue weighted by Crippen LogP contribution is 2.29. The number of allylic oxidation sites excluding steroid dienone is 2. The zero-order valence-corrected chi connectivity index (χ0v) is 13.7. The van der Waals surface area contributed by atoms with Crippen molar-refractivity contribution in [3.63, 3.8) is 0 Å². The first-order valence-corrected chi connectivity index (χ1v) is 8.27. The smallest absolute Gasteiger partial charge is 0.119 e. The first-order valence-electron chi connectivity index (χ1n) is 7.90. The molecule has 0 bridgehead atoms. The van der Waals surface area contributed by atoms with Crippen LogP contribution in [0.25, 0.3) is 5.57 Å². The molecule has 2 heteroatoms. The summed E-state index contributed by atoms with van der Waals surface area (Å²) in [6.45, 7) is 2.93. The average Bonchev–Trinajstić information content (AvgIpc) is 2.53. The predicted molar refractivity (Wildman–Crippen MR) is 93.7 cm³/mol. The Morgan fingerprint density at radius 3 is 2.73 bits per heavy atom. The second kappa shape index (κ2) is 7.02. The summed E-state index contributed by atoms with van der Waals surface area (Å²) in [5.41, 5.74) is 5.48. The van der Waals surface area contributed by atoms with E-state index in [2.05, 4.69) is 43.3 Å². The van der Waals surface area contributed by atoms with E-state index in [4.69, 9.17) is 16.3 Å². The van der Waals surface area contributed by atoms with E-state index in [9.17, 15) is 0 Å². The van der Waals surface area contributed by atoms with Crippen molar-refractivity contribution in [1.82, 2.24) is 0 Å². The Balaban J connectivity index is 1.52. The van der Waals surface area contributed by atoms with Crippen LogP contribution in [0, 0.1) is 0 Å². The molecule has 0 radical (unpaired) electrons. The Bertz CT molecular complexity index is 671. The Hall–Kier alpha value is -1.73. The van der Waals surface area contributed by atoms with E-state index in [1.165, 1.54) is 22.3 Å². The predicted octanol–water partition coefficient (Wildman–Crippen LogP) is 5.70. The van der Waals surface area contributed by atoms with Crippen molar-refractivity contribution < 1.29 is 4.74 Å². The van der Waals surface area contributed by atoms with Gasteiger partial charge in [-0.25, -0.2) is 0 Å². The van der Waals surface area contributed by atoms with E-state index >= 15 is 0 Å². The summed E-state index contributed by atoms with van der Waals surface area (Å²) in [5, 5.41) is 0.790. The SMILES string of the molecule is CC1=CCCc2cc(OCCCc3ccc(Cl)cc3)ccc21. The molecule has 0 saturated heterocycles. The number of ether oxygens (including phenoxy) is 1. The minimum atomic E-state index is 0.746. The lowest BCUT2D eigenvalue weighted by Crippen LogP contribution is -2.02. The molecule has 0 amide bonds. The van der Waals surface area contributed by atoms with Crippen LogP contribution in [0.1, 0.15) is 36.5 Å². The molecular weight excluding hydrogens is 292 g/mol. The van der Waals surface area contributed by atoms with Crippen molar-refractivity contribution in [2.24, 2.45) is 0 Å². The fourth-order valence-electron chi connectivity index (χ4n) is 2.92. The van der Waals surface area contributed by atoms with E-state index in [1.807, 2.05) is 12.1 Å². The summed E-state index contributed by atoms with van der Waals surface area (Å²) >= 11 is 5.89. The van der Waals surface area contributed by atoms with Gasteiger partial charge < -0.3 is 4.74 Å². The summed E-state index contributed by atoms with van der Waals surface area (Å²) in [6.07, 6.45) is 6.60. The topological polar surface area (TPSA) is 9.23 Å². The molecule has 0 atom stereocenters. The van der Waals surface area contributed by atoms with Gasteiger partial charge in [-0.05, 0) is 79.1 Å². The molecule has 0 aromatic heterocycles. The number of benzene rings is 2. The molecule has 0 unspecified atom stereocenters. The first-order chi connectivity index (χ1) is 10.7. The van der Waals surface area contributed by atoms with E-state index in [-0.39, 0.29) is 0 Å². The van der Waals surface area contributed by atoms with Gasteiger partial charge in [0, 0.05) is 5.02 Å². The van der Waals surface area contributed by atoms with Crippen molar-refractivity contribution >= 4 is 17.2 Å². The minimum absolute atomic E-state index is 0.746. The third-order valence-corrected chi connectivity index (χ3v) is 4.41. The van der Waals surface area contributed by atoms with Crippen LogP contribution in [-0.2, 0) is 12.8 Å². The van der Waals surface area contributed by atoms with Crippen molar-refractivity contribution in [3.05, 3.63) is 70.3 Å². The maximum atomic E-state index is 5.91. The van der Waals surface area contributed by atoms with Gasteiger partial charge in [0.15, 0.2) is 0 Å². The van der Waals surface area contributed by atoms with Crippen LogP contribution in [0.4, 0.5) is 0 Å². The van der Waals surface area contributed by atoms with Crippen LogP contribution >= 0.6 is 11.6 Å². The molecule has 0 N–H and O–H groups in total. The van der Waals surface area contributed by atoms with Gasteiger partial charge in [0.25, 0.3) is 0 Å². The number of hydrogen-bond donors (Lipinski definition) is 0. The molecule has 1 aliphatic rings. The van der Waals surface area contributed by atoms with Crippen LogP contribution < -0.4 is 4.74 Å². The van der Waals surface area contributed by atoms with Gasteiger partial charge >= 0.3 is 0 Å². The molecule has 2 aromatic rings. The summed E-state index contributed by atoms with van der Waals surface area (Å²) in [4.78, 5) is 0. The van der Waals surface area contributed by atoms with E-state index in [1.54, 1.807) is 0 Å². The van der Waals surface area contributed by atoms with E-state index in [0.717, 1.165) is 43.1 Å². The van der Waals surface area contributed by atoms with Gasteiger partial charge in [0.1, 0.15) is 5.75 Å². The summed E-state index contributed by atoms with van der Waals surface area (Å²) in [5.74, 6) is 0.990. The lowest BCUT2D eigenvalue weighted by molar-refractivity contribution is 0.310. The number of rotatable bonds is 5. The summed E-state index contributed by atoms with van der Waals surface area (Å²) in [7, 11) is 0. The molecular formula is C20H21ClO. The lowest BCUT2D eigenvalue weighted by atomic mass is 9.92. The van der Waals surface area contributed by atoms with Crippen molar-refractivity contribution in [2.75, 3.05) is 6.61 Å². The summed E-state index contributed by atoms with van der Waals surface area (Å²) in [6, 6.07) is 14.5. The second-order valence-corrected chi connectivity index (χ2v) is 6.26. The fraction of sp³-hybridized carbons (Fsp3) is 0.300. The van der Waals surface area contributed by atoms with Gasteiger partial charge in [-0.1, -0.05) is 35.9 Å². The zero-order chi connectivity index (χ0) is 15.4. The molecule has 0 heterocycles. The Morgan fingerprint density at radius 1 is 1.09 bits per heavy atom. The van der Waals surface area contributed by atoms with Crippen molar-refractivity contribution in [1.29, 1.82) is 0 Å². The van der Waals surface area contributed by atoms with Gasteiger partial charge in [-0.15, -0.1) is 0 Å². The van der Waals surface area contributed by atoms with Gasteiger partial charge in [-0.2, -0.15) is 0 Å². The van der Waals surface area contributed by atoms with E-state index in [0.29, 0.717) is 0 Å². The number of fused-ring (bicyclic) bond motifs is 1. The van der Waals surface area contributed by atoms with Gasteiger partial charge in [0.2, 0.25) is 0 Å². The molecule has 0 aliphatic heterocycles. The van der Waals surface area contributed by atoms with Crippen LogP contribution in [0.3, 0.4) is 0 Å². The van der Waals surface area contributed by atoms with Crippen LogP contribution in [0.5, 0.6) is 5.75 Å². The van der Waals surface area contributed by atoms with Crippen LogP contribution in [0.2, 0.25) is 5.02 Å². The Morgan fingerprint density at radius 2 is 1.91 bits per heavy atom. The fourth-order valence-corrected chi connectivity index (χ4v) is 3.05. The third kappa shape index (κ3) is 3.72. The molecule has 1 aliphatic carbocycles. The second-order valence-electron chi connectivity index (χ2n) is 5.82. The third-order valence-electron chi connectivity index (χ3n) is 4.16. The largest absolute Gasteiger partial charge is 0.494 e. The van der Waals surface area contributed by atoms with Gasteiger partial charge in [-0.3, -0.25) is 0 Å². The lowest BCUT2D eigenvalue weighted by Gasteiger charge is -2.16. The van der Waals surface area contributed by atoms with Crippen molar-refractivity contribution in [2.45, 2.75) is 32.6 Å². The minimum Gasteiger partial charge on any atom is -0.494 e. The zero-order valence-electron chi connectivity index (χ0n) is 12.9. The standard InChI is InChI=1S/C20H21ClO/c1-15-4-2-6-17-14-19(11-12-20(15)17)22-13-3-5-16-7-9-18(21)10-8-16/h4,7-12,14H,2-3,5-6,13H2,1H3. The monoisotopic (exact) mass is 312 g/mol. The average molecular weight is 313 g/mol. The Kier molecular flexibility index (Phi) is 4.84. The number of aryl methyl sites for hydroxylation is 2. The number of halogens is 1. The van der Waals surface area contributed by atoms with Crippen molar-refractivity contribution in [3.8, 4) is 5.75 Å². The molecule has 114 valence electrons. The molecule has 2 aromatic carbocycles. The molecule has 1 nitrogen and oxygen atoms in total. The molecule has 22 heavy (non-hydrogen) atoms. The highest BCUT2D eigenvalue weighted by atomic mass is 35.5.